The first-order chi connectivity index (χ1) is 12.2. The molecule has 0 spiro atoms. The molecule has 6 nitrogen and oxygen atoms in total. The molecule has 2 aromatic carbocycles. The number of hydrogen-bond acceptors (Lipinski definition) is 6. The third-order valence-electron chi connectivity index (χ3n) is 3.21. The molecule has 0 saturated carbocycles. The van der Waals surface area contributed by atoms with Crippen LogP contribution in [0.4, 0.5) is 0 Å². The molecule has 2 aromatic rings. The van der Waals surface area contributed by atoms with E-state index in [9.17, 15) is 9.59 Å². The van der Waals surface area contributed by atoms with Crippen LogP contribution in [0.15, 0.2) is 54.6 Å². The summed E-state index contributed by atoms with van der Waals surface area (Å²) in [4.78, 5) is 24.5. The summed E-state index contributed by atoms with van der Waals surface area (Å²) in [7, 11) is 1.58. The van der Waals surface area contributed by atoms with Crippen LogP contribution in [-0.2, 0) is 14.2 Å². The molecule has 0 bridgehead atoms. The molecular formula is C19H20O6. The van der Waals surface area contributed by atoms with Gasteiger partial charge in [-0.1, -0.05) is 30.3 Å². The van der Waals surface area contributed by atoms with Crippen molar-refractivity contribution in [1.82, 2.24) is 0 Å². The topological polar surface area (TPSA) is 71.1 Å². The second kappa shape index (κ2) is 10.2. The molecule has 132 valence electrons. The summed E-state index contributed by atoms with van der Waals surface area (Å²) < 4.78 is 20.5. The largest absolute Gasteiger partial charge is 0.460 e. The predicted molar refractivity (Wildman–Crippen MR) is 90.8 cm³/mol. The summed E-state index contributed by atoms with van der Waals surface area (Å²) in [5, 5.41) is 0. The van der Waals surface area contributed by atoms with Crippen LogP contribution < -0.4 is 4.74 Å². The van der Waals surface area contributed by atoms with E-state index in [2.05, 4.69) is 0 Å². The number of carbonyl (C=O) groups excluding carboxylic acids is 2. The van der Waals surface area contributed by atoms with E-state index in [0.29, 0.717) is 19.0 Å². The fraction of sp³-hybridized carbons (Fsp3) is 0.263. The van der Waals surface area contributed by atoms with E-state index in [-0.39, 0.29) is 24.3 Å². The number of methoxy groups -OCH3 is 1. The molecule has 0 aliphatic rings. The highest BCUT2D eigenvalue weighted by Crippen LogP contribution is 2.15. The standard InChI is InChI=1S/C19H20O6/c1-22-11-12-23-13-14-24-18(20)16-9-5-6-10-17(16)19(21)25-15-7-3-2-4-8-15/h2-10H,11-14H2,1H3. The van der Waals surface area contributed by atoms with Crippen LogP contribution in [0.5, 0.6) is 5.75 Å². The van der Waals surface area contributed by atoms with Gasteiger partial charge in [0.15, 0.2) is 0 Å². The van der Waals surface area contributed by atoms with Crippen LogP contribution in [0.25, 0.3) is 0 Å². The average molecular weight is 344 g/mol. The van der Waals surface area contributed by atoms with Gasteiger partial charge in [0.1, 0.15) is 12.4 Å². The maximum atomic E-state index is 12.3. The van der Waals surface area contributed by atoms with E-state index in [1.54, 1.807) is 43.5 Å². The summed E-state index contributed by atoms with van der Waals surface area (Å²) >= 11 is 0. The van der Waals surface area contributed by atoms with Crippen molar-refractivity contribution in [2.45, 2.75) is 0 Å². The van der Waals surface area contributed by atoms with Crippen molar-refractivity contribution in [2.75, 3.05) is 33.5 Å². The average Bonchev–Trinajstić information content (AvgIpc) is 2.65. The van der Waals surface area contributed by atoms with Gasteiger partial charge in [-0.15, -0.1) is 0 Å². The van der Waals surface area contributed by atoms with E-state index < -0.39 is 11.9 Å². The molecule has 0 aliphatic heterocycles. The van der Waals surface area contributed by atoms with Crippen LogP contribution in [0, 0.1) is 0 Å². The van der Waals surface area contributed by atoms with Gasteiger partial charge in [0.2, 0.25) is 0 Å². The Kier molecular flexibility index (Phi) is 7.62. The van der Waals surface area contributed by atoms with Gasteiger partial charge in [0.25, 0.3) is 0 Å². The minimum atomic E-state index is -0.616. The molecule has 0 heterocycles. The molecule has 25 heavy (non-hydrogen) atoms. The van der Waals surface area contributed by atoms with Crippen molar-refractivity contribution in [3.05, 3.63) is 65.7 Å². The quantitative estimate of drug-likeness (QED) is 0.396. The summed E-state index contributed by atoms with van der Waals surface area (Å²) in [5.74, 6) is -0.812. The zero-order valence-electron chi connectivity index (χ0n) is 14.0. The monoisotopic (exact) mass is 344 g/mol. The zero-order chi connectivity index (χ0) is 17.9. The Balaban J connectivity index is 1.95. The number of carbonyl (C=O) groups is 2. The summed E-state index contributed by atoms with van der Waals surface area (Å²) in [6, 6.07) is 15.0. The van der Waals surface area contributed by atoms with Gasteiger partial charge >= 0.3 is 11.9 Å². The van der Waals surface area contributed by atoms with Crippen LogP contribution in [0.1, 0.15) is 20.7 Å². The second-order valence-electron chi connectivity index (χ2n) is 4.99. The first-order valence-electron chi connectivity index (χ1n) is 7.82. The number of hydrogen-bond donors (Lipinski definition) is 0. The second-order valence-corrected chi connectivity index (χ2v) is 4.99. The molecule has 6 heteroatoms. The van der Waals surface area contributed by atoms with E-state index >= 15 is 0 Å². The van der Waals surface area contributed by atoms with Gasteiger partial charge in [-0.3, -0.25) is 0 Å². The minimum Gasteiger partial charge on any atom is -0.460 e. The molecule has 0 aromatic heterocycles. The highest BCUT2D eigenvalue weighted by molar-refractivity contribution is 6.03. The minimum absolute atomic E-state index is 0.0879. The molecule has 0 atom stereocenters. The van der Waals surface area contributed by atoms with E-state index in [0.717, 1.165) is 0 Å². The first kappa shape index (κ1) is 18.6. The maximum Gasteiger partial charge on any atom is 0.344 e. The third kappa shape index (κ3) is 6.02. The SMILES string of the molecule is COCCOCCOC(=O)c1ccccc1C(=O)Oc1ccccc1. The van der Waals surface area contributed by atoms with Gasteiger partial charge in [-0.25, -0.2) is 9.59 Å². The van der Waals surface area contributed by atoms with Crippen molar-refractivity contribution >= 4 is 11.9 Å². The van der Waals surface area contributed by atoms with Gasteiger partial charge in [-0.2, -0.15) is 0 Å². The fourth-order valence-corrected chi connectivity index (χ4v) is 2.01. The van der Waals surface area contributed by atoms with E-state index in [4.69, 9.17) is 18.9 Å². The molecule has 0 N–H and O–H groups in total. The van der Waals surface area contributed by atoms with E-state index in [1.165, 1.54) is 12.1 Å². The van der Waals surface area contributed by atoms with E-state index in [1.807, 2.05) is 6.07 Å². The van der Waals surface area contributed by atoms with Crippen LogP contribution in [-0.4, -0.2) is 45.5 Å². The molecule has 0 aliphatic carbocycles. The molecule has 2 rings (SSSR count). The first-order valence-corrected chi connectivity index (χ1v) is 7.82. The van der Waals surface area contributed by atoms with Gasteiger partial charge in [0.05, 0.1) is 30.9 Å². The Labute approximate surface area is 146 Å². The smallest absolute Gasteiger partial charge is 0.344 e. The Morgan fingerprint density at radius 2 is 1.36 bits per heavy atom. The Morgan fingerprint density at radius 1 is 0.760 bits per heavy atom. The van der Waals surface area contributed by atoms with Gasteiger partial charge in [0, 0.05) is 7.11 Å². The Hall–Kier alpha value is -2.70. The molecule has 0 saturated heterocycles. The lowest BCUT2D eigenvalue weighted by atomic mass is 10.1. The lowest BCUT2D eigenvalue weighted by Gasteiger charge is -2.10. The van der Waals surface area contributed by atoms with Crippen molar-refractivity contribution in [1.29, 1.82) is 0 Å². The van der Waals surface area contributed by atoms with Gasteiger partial charge < -0.3 is 18.9 Å². The number of rotatable bonds is 9. The third-order valence-corrected chi connectivity index (χ3v) is 3.21. The zero-order valence-corrected chi connectivity index (χ0v) is 14.0. The molecule has 0 fully saturated rings. The highest BCUT2D eigenvalue weighted by Gasteiger charge is 2.19. The fourth-order valence-electron chi connectivity index (χ4n) is 2.01. The van der Waals surface area contributed by atoms with Crippen molar-refractivity contribution in [3.63, 3.8) is 0 Å². The van der Waals surface area contributed by atoms with Crippen molar-refractivity contribution in [2.24, 2.45) is 0 Å². The maximum absolute atomic E-state index is 12.3. The van der Waals surface area contributed by atoms with Crippen molar-refractivity contribution < 1.29 is 28.5 Å². The lowest BCUT2D eigenvalue weighted by molar-refractivity contribution is 0.0211. The van der Waals surface area contributed by atoms with Crippen LogP contribution >= 0.6 is 0 Å². The summed E-state index contributed by atoms with van der Waals surface area (Å²) in [5.41, 5.74) is 0.303. The van der Waals surface area contributed by atoms with Crippen LogP contribution in [0.3, 0.4) is 0 Å². The molecule has 0 radical (unpaired) electrons. The normalized spacial score (nSPS) is 10.3. The Morgan fingerprint density at radius 3 is 2.04 bits per heavy atom. The van der Waals surface area contributed by atoms with Crippen LogP contribution in [0.2, 0.25) is 0 Å². The number of para-hydroxylation sites is 1. The number of ether oxygens (including phenoxy) is 4. The number of esters is 2. The summed E-state index contributed by atoms with van der Waals surface area (Å²) in [6.45, 7) is 1.24. The number of benzene rings is 2. The lowest BCUT2D eigenvalue weighted by Crippen LogP contribution is -2.17. The summed E-state index contributed by atoms with van der Waals surface area (Å²) in [6.07, 6.45) is 0. The van der Waals surface area contributed by atoms with Crippen molar-refractivity contribution in [3.8, 4) is 5.75 Å². The molecule has 0 unspecified atom stereocenters. The Bertz CT molecular complexity index is 683. The highest BCUT2D eigenvalue weighted by atomic mass is 16.6. The molecular weight excluding hydrogens is 324 g/mol. The molecule has 0 amide bonds. The predicted octanol–water partition coefficient (Wildman–Crippen LogP) is 2.73. The van der Waals surface area contributed by atoms with Gasteiger partial charge in [-0.05, 0) is 24.3 Å².